The van der Waals surface area contributed by atoms with E-state index in [0.29, 0.717) is 11.5 Å². The van der Waals surface area contributed by atoms with Gasteiger partial charge in [0.25, 0.3) is 0 Å². The van der Waals surface area contributed by atoms with E-state index in [1.807, 2.05) is 6.07 Å². The molecule has 0 aliphatic rings. The number of hydrogen-bond donors (Lipinski definition) is 1. The predicted molar refractivity (Wildman–Crippen MR) is 71.3 cm³/mol. The van der Waals surface area contributed by atoms with E-state index >= 15 is 0 Å². The average Bonchev–Trinajstić information content (AvgIpc) is 2.20. The van der Waals surface area contributed by atoms with Crippen molar-refractivity contribution in [2.75, 3.05) is 0 Å². The van der Waals surface area contributed by atoms with Crippen LogP contribution in [-0.4, -0.2) is 0 Å². The molecule has 2 unspecified atom stereocenters. The summed E-state index contributed by atoms with van der Waals surface area (Å²) in [6, 6.07) is 5.21. The number of rotatable bonds is 3. The molecule has 2 N–H and O–H groups in total. The predicted octanol–water partition coefficient (Wildman–Crippen LogP) is 4.21. The smallest absolute Gasteiger partial charge is 0.126 e. The van der Waals surface area contributed by atoms with Crippen molar-refractivity contribution in [1.82, 2.24) is 0 Å². The van der Waals surface area contributed by atoms with E-state index in [2.05, 4.69) is 27.7 Å². The molecule has 17 heavy (non-hydrogen) atoms. The van der Waals surface area contributed by atoms with E-state index in [1.54, 1.807) is 19.1 Å². The fourth-order valence-electron chi connectivity index (χ4n) is 1.71. The van der Waals surface area contributed by atoms with Crippen LogP contribution in [-0.2, 0) is 0 Å². The standard InChI is InChI=1S/C15H24FN/c1-10-6-7-12(9-13(10)16)14(17)8-11(2)15(3,4)5/h6-7,9,11,14H,8,17H2,1-5H3. The molecule has 2 heteroatoms. The van der Waals surface area contributed by atoms with Crippen LogP contribution in [0.1, 0.15) is 51.3 Å². The van der Waals surface area contributed by atoms with E-state index in [4.69, 9.17) is 5.73 Å². The Morgan fingerprint density at radius 3 is 2.35 bits per heavy atom. The van der Waals surface area contributed by atoms with Gasteiger partial charge in [-0.15, -0.1) is 0 Å². The third-order valence-corrected chi connectivity index (χ3v) is 3.71. The van der Waals surface area contributed by atoms with Gasteiger partial charge in [-0.05, 0) is 41.9 Å². The number of aryl methyl sites for hydroxylation is 1. The van der Waals surface area contributed by atoms with Gasteiger partial charge in [0.2, 0.25) is 0 Å². The fraction of sp³-hybridized carbons (Fsp3) is 0.600. The zero-order valence-corrected chi connectivity index (χ0v) is 11.5. The first kappa shape index (κ1) is 14.2. The lowest BCUT2D eigenvalue weighted by Crippen LogP contribution is -2.23. The van der Waals surface area contributed by atoms with Crippen molar-refractivity contribution < 1.29 is 4.39 Å². The molecule has 0 bridgehead atoms. The van der Waals surface area contributed by atoms with Crippen LogP contribution in [0.25, 0.3) is 0 Å². The summed E-state index contributed by atoms with van der Waals surface area (Å²) in [7, 11) is 0. The van der Waals surface area contributed by atoms with Crippen LogP contribution in [0.5, 0.6) is 0 Å². The Balaban J connectivity index is 2.76. The molecule has 0 saturated carbocycles. The summed E-state index contributed by atoms with van der Waals surface area (Å²) in [4.78, 5) is 0. The first-order valence-electron chi connectivity index (χ1n) is 6.23. The first-order valence-corrected chi connectivity index (χ1v) is 6.23. The highest BCUT2D eigenvalue weighted by atomic mass is 19.1. The van der Waals surface area contributed by atoms with Crippen molar-refractivity contribution in [1.29, 1.82) is 0 Å². The van der Waals surface area contributed by atoms with Gasteiger partial charge >= 0.3 is 0 Å². The lowest BCUT2D eigenvalue weighted by molar-refractivity contribution is 0.234. The van der Waals surface area contributed by atoms with E-state index < -0.39 is 0 Å². The normalized spacial score (nSPS) is 15.7. The monoisotopic (exact) mass is 237 g/mol. The Morgan fingerprint density at radius 2 is 1.88 bits per heavy atom. The molecule has 96 valence electrons. The molecule has 0 aromatic heterocycles. The molecule has 0 aliphatic heterocycles. The van der Waals surface area contributed by atoms with E-state index in [9.17, 15) is 4.39 Å². The number of benzene rings is 1. The Kier molecular flexibility index (Phi) is 4.31. The second kappa shape index (κ2) is 5.18. The Morgan fingerprint density at radius 1 is 1.29 bits per heavy atom. The number of nitrogens with two attached hydrogens (primary N) is 1. The Hall–Kier alpha value is -0.890. The van der Waals surface area contributed by atoms with Gasteiger partial charge < -0.3 is 5.73 Å². The maximum absolute atomic E-state index is 13.5. The van der Waals surface area contributed by atoms with E-state index in [1.165, 1.54) is 0 Å². The summed E-state index contributed by atoms with van der Waals surface area (Å²) in [5.74, 6) is 0.336. The summed E-state index contributed by atoms with van der Waals surface area (Å²) in [5, 5.41) is 0. The minimum absolute atomic E-state index is 0.0840. The van der Waals surface area contributed by atoms with Crippen LogP contribution < -0.4 is 5.73 Å². The van der Waals surface area contributed by atoms with Crippen molar-refractivity contribution in [3.63, 3.8) is 0 Å². The summed E-state index contributed by atoms with van der Waals surface area (Å²) < 4.78 is 13.5. The second-order valence-electron chi connectivity index (χ2n) is 6.12. The van der Waals surface area contributed by atoms with Crippen LogP contribution in [0, 0.1) is 24.1 Å². The molecule has 0 heterocycles. The summed E-state index contributed by atoms with van der Waals surface area (Å²) >= 11 is 0. The topological polar surface area (TPSA) is 26.0 Å². The molecule has 0 spiro atoms. The molecule has 0 saturated heterocycles. The van der Waals surface area contributed by atoms with Gasteiger partial charge in [0.1, 0.15) is 5.82 Å². The maximum atomic E-state index is 13.5. The largest absolute Gasteiger partial charge is 0.324 e. The minimum atomic E-state index is -0.165. The molecular formula is C15H24FN. The molecule has 1 nitrogen and oxygen atoms in total. The maximum Gasteiger partial charge on any atom is 0.126 e. The van der Waals surface area contributed by atoms with Gasteiger partial charge in [0, 0.05) is 6.04 Å². The van der Waals surface area contributed by atoms with E-state index in [-0.39, 0.29) is 17.3 Å². The van der Waals surface area contributed by atoms with Crippen LogP contribution >= 0.6 is 0 Å². The van der Waals surface area contributed by atoms with Gasteiger partial charge in [-0.25, -0.2) is 4.39 Å². The first-order chi connectivity index (χ1) is 7.71. The zero-order valence-electron chi connectivity index (χ0n) is 11.5. The van der Waals surface area contributed by atoms with Crippen LogP contribution in [0.4, 0.5) is 4.39 Å². The van der Waals surface area contributed by atoms with Gasteiger partial charge in [0.15, 0.2) is 0 Å². The lowest BCUT2D eigenvalue weighted by atomic mass is 9.78. The van der Waals surface area contributed by atoms with Crippen LogP contribution in [0.3, 0.4) is 0 Å². The molecule has 1 aromatic carbocycles. The van der Waals surface area contributed by atoms with Gasteiger partial charge in [0.05, 0.1) is 0 Å². The van der Waals surface area contributed by atoms with Gasteiger partial charge in [-0.3, -0.25) is 0 Å². The lowest BCUT2D eigenvalue weighted by Gasteiger charge is -2.29. The van der Waals surface area contributed by atoms with Crippen LogP contribution in [0.15, 0.2) is 18.2 Å². The minimum Gasteiger partial charge on any atom is -0.324 e. The number of halogens is 1. The molecule has 0 fully saturated rings. The molecule has 0 amide bonds. The highest BCUT2D eigenvalue weighted by Crippen LogP contribution is 2.32. The zero-order chi connectivity index (χ0) is 13.2. The third-order valence-electron chi connectivity index (χ3n) is 3.71. The summed E-state index contributed by atoms with van der Waals surface area (Å²) in [6.07, 6.45) is 0.881. The van der Waals surface area contributed by atoms with Crippen LogP contribution in [0.2, 0.25) is 0 Å². The Labute approximate surface area is 104 Å². The molecule has 0 aliphatic carbocycles. The molecular weight excluding hydrogens is 213 g/mol. The second-order valence-corrected chi connectivity index (χ2v) is 6.12. The highest BCUT2D eigenvalue weighted by molar-refractivity contribution is 5.25. The van der Waals surface area contributed by atoms with Crippen molar-refractivity contribution in [3.8, 4) is 0 Å². The average molecular weight is 237 g/mol. The fourth-order valence-corrected chi connectivity index (χ4v) is 1.71. The quantitative estimate of drug-likeness (QED) is 0.837. The van der Waals surface area contributed by atoms with Crippen molar-refractivity contribution in [3.05, 3.63) is 35.1 Å². The van der Waals surface area contributed by atoms with Crippen molar-refractivity contribution >= 4 is 0 Å². The number of hydrogen-bond acceptors (Lipinski definition) is 1. The molecule has 0 radical (unpaired) electrons. The molecule has 1 rings (SSSR count). The van der Waals surface area contributed by atoms with Crippen molar-refractivity contribution in [2.24, 2.45) is 17.1 Å². The van der Waals surface area contributed by atoms with Crippen molar-refractivity contribution in [2.45, 2.75) is 47.1 Å². The Bertz CT molecular complexity index is 379. The third kappa shape index (κ3) is 3.81. The van der Waals surface area contributed by atoms with E-state index in [0.717, 1.165) is 12.0 Å². The SMILES string of the molecule is Cc1ccc(C(N)CC(C)C(C)(C)C)cc1F. The highest BCUT2D eigenvalue weighted by Gasteiger charge is 2.22. The summed E-state index contributed by atoms with van der Waals surface area (Å²) in [6.45, 7) is 10.6. The van der Waals surface area contributed by atoms with Gasteiger partial charge in [-0.2, -0.15) is 0 Å². The summed E-state index contributed by atoms with van der Waals surface area (Å²) in [5.41, 5.74) is 7.95. The van der Waals surface area contributed by atoms with Gasteiger partial charge in [-0.1, -0.05) is 39.8 Å². The molecule has 1 aromatic rings. The molecule has 2 atom stereocenters.